The zero-order valence-electron chi connectivity index (χ0n) is 16.4. The van der Waals surface area contributed by atoms with E-state index in [4.69, 9.17) is 4.74 Å². The van der Waals surface area contributed by atoms with Crippen molar-refractivity contribution in [1.82, 2.24) is 4.90 Å². The lowest BCUT2D eigenvalue weighted by Gasteiger charge is -2.29. The molecule has 1 saturated heterocycles. The molecule has 0 aromatic rings. The van der Waals surface area contributed by atoms with Crippen LogP contribution in [0.4, 0.5) is 0 Å². The van der Waals surface area contributed by atoms with Crippen molar-refractivity contribution in [3.8, 4) is 0 Å². The van der Waals surface area contributed by atoms with Gasteiger partial charge in [-0.2, -0.15) is 0 Å². The fourth-order valence-corrected chi connectivity index (χ4v) is 3.50. The number of esters is 1. The van der Waals surface area contributed by atoms with Crippen LogP contribution in [0.1, 0.15) is 104 Å². The number of hydrogen-bond donors (Lipinski definition) is 0. The lowest BCUT2D eigenvalue weighted by molar-refractivity contribution is -0.150. The van der Waals surface area contributed by atoms with Gasteiger partial charge in [0.05, 0.1) is 0 Å². The van der Waals surface area contributed by atoms with Gasteiger partial charge in [0.2, 0.25) is 0 Å². The lowest BCUT2D eigenvalue weighted by atomic mass is 10.1. The molecule has 1 fully saturated rings. The van der Waals surface area contributed by atoms with Gasteiger partial charge in [-0.15, -0.1) is 0 Å². The van der Waals surface area contributed by atoms with Crippen molar-refractivity contribution in [3.05, 3.63) is 0 Å². The second-order valence-corrected chi connectivity index (χ2v) is 7.46. The predicted octanol–water partition coefficient (Wildman–Crippen LogP) is 5.72. The summed E-state index contributed by atoms with van der Waals surface area (Å²) in [6, 6.07) is 0. The first-order chi connectivity index (χ1) is 11.8. The number of hydrogen-bond acceptors (Lipinski definition) is 3. The molecule has 3 nitrogen and oxygen atoms in total. The first-order valence-electron chi connectivity index (χ1n) is 10.7. The number of carbonyl (C=O) groups is 1. The van der Waals surface area contributed by atoms with Gasteiger partial charge in [0, 0.05) is 13.0 Å². The van der Waals surface area contributed by atoms with Gasteiger partial charge in [0.1, 0.15) is 6.10 Å². The highest BCUT2D eigenvalue weighted by molar-refractivity contribution is 5.69. The second-order valence-electron chi connectivity index (χ2n) is 7.46. The third kappa shape index (κ3) is 11.1. The van der Waals surface area contributed by atoms with Crippen LogP contribution in [0.25, 0.3) is 0 Å². The zero-order chi connectivity index (χ0) is 17.5. The SMILES string of the molecule is CCCCCCCCCCCC(=O)OC(CC)CN1CCCCC1. The molecule has 1 aliphatic heterocycles. The molecule has 0 radical (unpaired) electrons. The number of carbonyl (C=O) groups excluding carboxylic acids is 1. The Bertz CT molecular complexity index is 300. The number of unbranched alkanes of at least 4 members (excludes halogenated alkanes) is 8. The molecule has 0 spiro atoms. The van der Waals surface area contributed by atoms with Gasteiger partial charge in [0.15, 0.2) is 0 Å². The molecule has 1 unspecified atom stereocenters. The van der Waals surface area contributed by atoms with Gasteiger partial charge in [-0.1, -0.05) is 71.6 Å². The Morgan fingerprint density at radius 2 is 1.46 bits per heavy atom. The Balaban J connectivity index is 1.99. The number of nitrogens with zero attached hydrogens (tertiary/aromatic N) is 1. The number of rotatable bonds is 14. The number of ether oxygens (including phenoxy) is 1. The molecule has 142 valence electrons. The standard InChI is InChI=1S/C21H41NO2/c1-3-5-6-7-8-9-10-11-13-16-21(23)24-20(4-2)19-22-17-14-12-15-18-22/h20H,3-19H2,1-2H3. The van der Waals surface area contributed by atoms with Gasteiger partial charge in [-0.25, -0.2) is 0 Å². The van der Waals surface area contributed by atoms with Crippen molar-refractivity contribution in [2.75, 3.05) is 19.6 Å². The first-order valence-corrected chi connectivity index (χ1v) is 10.7. The van der Waals surface area contributed by atoms with E-state index in [2.05, 4.69) is 18.7 Å². The van der Waals surface area contributed by atoms with Gasteiger partial charge in [0.25, 0.3) is 0 Å². The average Bonchev–Trinajstić information content (AvgIpc) is 2.60. The molecule has 1 rings (SSSR count). The summed E-state index contributed by atoms with van der Waals surface area (Å²) in [7, 11) is 0. The summed E-state index contributed by atoms with van der Waals surface area (Å²) in [6.07, 6.45) is 17.1. The van der Waals surface area contributed by atoms with Crippen LogP contribution in [0.3, 0.4) is 0 Å². The van der Waals surface area contributed by atoms with Crippen LogP contribution >= 0.6 is 0 Å². The van der Waals surface area contributed by atoms with E-state index in [0.717, 1.165) is 19.4 Å². The molecule has 0 aliphatic carbocycles. The number of piperidine rings is 1. The molecule has 1 aliphatic rings. The molecular formula is C21H41NO2. The Labute approximate surface area is 150 Å². The predicted molar refractivity (Wildman–Crippen MR) is 102 cm³/mol. The minimum absolute atomic E-state index is 0.0156. The largest absolute Gasteiger partial charge is 0.461 e. The van der Waals surface area contributed by atoms with Crippen LogP contribution < -0.4 is 0 Å². The van der Waals surface area contributed by atoms with Crippen LogP contribution in [0.5, 0.6) is 0 Å². The van der Waals surface area contributed by atoms with Gasteiger partial charge < -0.3 is 4.74 Å². The van der Waals surface area contributed by atoms with Crippen LogP contribution in [0.2, 0.25) is 0 Å². The highest BCUT2D eigenvalue weighted by Gasteiger charge is 2.18. The molecular weight excluding hydrogens is 298 g/mol. The van der Waals surface area contributed by atoms with Crippen LogP contribution in [-0.4, -0.2) is 36.6 Å². The Kier molecular flexibility index (Phi) is 13.2. The molecule has 0 N–H and O–H groups in total. The Hall–Kier alpha value is -0.570. The smallest absolute Gasteiger partial charge is 0.306 e. The van der Waals surface area contributed by atoms with Gasteiger partial charge in [-0.3, -0.25) is 9.69 Å². The van der Waals surface area contributed by atoms with E-state index < -0.39 is 0 Å². The minimum atomic E-state index is 0.0156. The van der Waals surface area contributed by atoms with Crippen LogP contribution in [-0.2, 0) is 9.53 Å². The van der Waals surface area contributed by atoms with E-state index in [1.54, 1.807) is 0 Å². The fraction of sp³-hybridized carbons (Fsp3) is 0.952. The zero-order valence-corrected chi connectivity index (χ0v) is 16.4. The summed E-state index contributed by atoms with van der Waals surface area (Å²) in [6.45, 7) is 7.66. The number of likely N-dealkylation sites (tertiary alicyclic amines) is 1. The minimum Gasteiger partial charge on any atom is -0.461 e. The molecule has 0 amide bonds. The van der Waals surface area contributed by atoms with Crippen molar-refractivity contribution < 1.29 is 9.53 Å². The summed E-state index contributed by atoms with van der Waals surface area (Å²) >= 11 is 0. The molecule has 3 heteroatoms. The molecule has 0 bridgehead atoms. The molecule has 0 aromatic carbocycles. The molecule has 0 saturated carbocycles. The molecule has 1 atom stereocenters. The van der Waals surface area contributed by atoms with Crippen molar-refractivity contribution in [1.29, 1.82) is 0 Å². The van der Waals surface area contributed by atoms with Crippen molar-refractivity contribution >= 4 is 5.97 Å². The second kappa shape index (κ2) is 14.7. The molecule has 0 aromatic heterocycles. The monoisotopic (exact) mass is 339 g/mol. The van der Waals surface area contributed by atoms with Crippen molar-refractivity contribution in [2.24, 2.45) is 0 Å². The quantitative estimate of drug-likeness (QED) is 0.300. The third-order valence-electron chi connectivity index (χ3n) is 5.15. The van der Waals surface area contributed by atoms with E-state index in [0.29, 0.717) is 6.42 Å². The highest BCUT2D eigenvalue weighted by Crippen LogP contribution is 2.13. The summed E-state index contributed by atoms with van der Waals surface area (Å²) in [5, 5.41) is 0. The summed E-state index contributed by atoms with van der Waals surface area (Å²) in [4.78, 5) is 14.5. The van der Waals surface area contributed by atoms with Crippen LogP contribution in [0.15, 0.2) is 0 Å². The third-order valence-corrected chi connectivity index (χ3v) is 5.15. The molecule has 1 heterocycles. The maximum absolute atomic E-state index is 12.0. The van der Waals surface area contributed by atoms with Crippen molar-refractivity contribution in [3.63, 3.8) is 0 Å². The van der Waals surface area contributed by atoms with E-state index >= 15 is 0 Å². The van der Waals surface area contributed by atoms with E-state index in [1.807, 2.05) is 0 Å². The van der Waals surface area contributed by atoms with E-state index in [1.165, 1.54) is 83.7 Å². The maximum Gasteiger partial charge on any atom is 0.306 e. The van der Waals surface area contributed by atoms with E-state index in [9.17, 15) is 4.79 Å². The topological polar surface area (TPSA) is 29.5 Å². The summed E-state index contributed by atoms with van der Waals surface area (Å²) < 4.78 is 5.69. The summed E-state index contributed by atoms with van der Waals surface area (Å²) in [5.41, 5.74) is 0. The first kappa shape index (κ1) is 21.5. The van der Waals surface area contributed by atoms with Crippen LogP contribution in [0, 0.1) is 0 Å². The van der Waals surface area contributed by atoms with Crippen molar-refractivity contribution in [2.45, 2.75) is 110 Å². The van der Waals surface area contributed by atoms with Gasteiger partial charge >= 0.3 is 5.97 Å². The van der Waals surface area contributed by atoms with E-state index in [-0.39, 0.29) is 12.1 Å². The molecule has 24 heavy (non-hydrogen) atoms. The average molecular weight is 340 g/mol. The fourth-order valence-electron chi connectivity index (χ4n) is 3.50. The highest BCUT2D eigenvalue weighted by atomic mass is 16.5. The van der Waals surface area contributed by atoms with Gasteiger partial charge in [-0.05, 0) is 38.8 Å². The Morgan fingerprint density at radius 3 is 2.04 bits per heavy atom. The normalized spacial score (nSPS) is 16.9. The maximum atomic E-state index is 12.0. The lowest BCUT2D eigenvalue weighted by Crippen LogP contribution is -2.38. The summed E-state index contributed by atoms with van der Waals surface area (Å²) in [5.74, 6) is 0.0156. The Morgan fingerprint density at radius 1 is 0.875 bits per heavy atom.